The van der Waals surface area contributed by atoms with Crippen LogP contribution < -0.4 is 10.1 Å². The molecule has 1 N–H and O–H groups in total. The van der Waals surface area contributed by atoms with Crippen LogP contribution in [0, 0.1) is 13.8 Å². The molecule has 2 heterocycles. The normalized spacial score (nSPS) is 10.8. The molecular weight excluding hydrogens is 466 g/mol. The van der Waals surface area contributed by atoms with Gasteiger partial charge in [0.2, 0.25) is 5.88 Å². The average Bonchev–Trinajstić information content (AvgIpc) is 3.54. The molecule has 0 fully saturated rings. The van der Waals surface area contributed by atoms with Crippen molar-refractivity contribution in [2.75, 3.05) is 5.32 Å². The van der Waals surface area contributed by atoms with E-state index < -0.39 is 5.97 Å². The molecule has 7 heteroatoms. The highest BCUT2D eigenvalue weighted by atomic mass is 16.5. The zero-order valence-corrected chi connectivity index (χ0v) is 20.7. The number of hydrogen-bond acceptors (Lipinski definition) is 5. The maximum absolute atomic E-state index is 12.4. The van der Waals surface area contributed by atoms with Gasteiger partial charge in [0.1, 0.15) is 5.69 Å². The second kappa shape index (κ2) is 9.99. The third-order valence-corrected chi connectivity index (χ3v) is 5.89. The Hall–Kier alpha value is -4.91. The van der Waals surface area contributed by atoms with E-state index in [1.807, 2.05) is 68.4 Å². The lowest BCUT2D eigenvalue weighted by atomic mass is 10.0. The molecule has 0 radical (unpaired) electrons. The van der Waals surface area contributed by atoms with Crippen molar-refractivity contribution in [2.45, 2.75) is 20.8 Å². The van der Waals surface area contributed by atoms with E-state index >= 15 is 0 Å². The summed E-state index contributed by atoms with van der Waals surface area (Å²) in [7, 11) is 0. The molecule has 5 rings (SSSR count). The quantitative estimate of drug-likeness (QED) is 0.271. The van der Waals surface area contributed by atoms with Crippen LogP contribution in [-0.2, 0) is 4.79 Å². The van der Waals surface area contributed by atoms with Gasteiger partial charge in [-0.15, -0.1) is 0 Å². The predicted octanol–water partition coefficient (Wildman–Crippen LogP) is 6.59. The first kappa shape index (κ1) is 23.8. The molecule has 7 nitrogen and oxygen atoms in total. The molecule has 5 aromatic rings. The maximum atomic E-state index is 12.4. The topological polar surface area (TPSA) is 86.4 Å². The van der Waals surface area contributed by atoms with Gasteiger partial charge in [-0.1, -0.05) is 60.2 Å². The molecule has 0 saturated carbocycles. The number of furan rings is 1. The number of ether oxygens (including phenoxy) is 1. The number of esters is 1. The van der Waals surface area contributed by atoms with Crippen LogP contribution in [0.1, 0.15) is 28.6 Å². The smallest absolute Gasteiger partial charge is 0.309 e. The molecule has 0 spiro atoms. The Kier molecular flexibility index (Phi) is 6.43. The molecule has 0 bridgehead atoms. The summed E-state index contributed by atoms with van der Waals surface area (Å²) in [5, 5.41) is 7.75. The zero-order valence-electron chi connectivity index (χ0n) is 20.7. The van der Waals surface area contributed by atoms with Crippen LogP contribution >= 0.6 is 0 Å². The summed E-state index contributed by atoms with van der Waals surface area (Å²) < 4.78 is 12.6. The number of anilines is 1. The van der Waals surface area contributed by atoms with Crippen molar-refractivity contribution in [3.63, 3.8) is 0 Å². The zero-order chi connectivity index (χ0) is 25.9. The SMILES string of the molecule is CC(=O)Oc1c(-c2ccc(NC(=O)c3ccco3)cc2)c(-c2ccccc2)nn1-c1ccc(C)cc1C. The van der Waals surface area contributed by atoms with Crippen LogP contribution in [0.3, 0.4) is 0 Å². The number of nitrogens with zero attached hydrogens (tertiary/aromatic N) is 2. The third-order valence-electron chi connectivity index (χ3n) is 5.89. The molecule has 0 aliphatic heterocycles. The predicted molar refractivity (Wildman–Crippen MR) is 142 cm³/mol. The lowest BCUT2D eigenvalue weighted by Crippen LogP contribution is -2.10. The van der Waals surface area contributed by atoms with Gasteiger partial charge in [0.15, 0.2) is 5.76 Å². The van der Waals surface area contributed by atoms with E-state index in [9.17, 15) is 9.59 Å². The van der Waals surface area contributed by atoms with Crippen molar-refractivity contribution < 1.29 is 18.7 Å². The highest BCUT2D eigenvalue weighted by Gasteiger charge is 2.25. The number of aryl methyl sites for hydroxylation is 2. The molecular formula is C30H25N3O4. The number of rotatable bonds is 6. The number of carbonyl (C=O) groups is 2. The fourth-order valence-electron chi connectivity index (χ4n) is 4.22. The van der Waals surface area contributed by atoms with Gasteiger partial charge in [-0.3, -0.25) is 9.59 Å². The van der Waals surface area contributed by atoms with Gasteiger partial charge in [0.05, 0.1) is 17.5 Å². The van der Waals surface area contributed by atoms with E-state index in [1.165, 1.54) is 13.2 Å². The van der Waals surface area contributed by atoms with Crippen molar-refractivity contribution in [1.82, 2.24) is 9.78 Å². The van der Waals surface area contributed by atoms with E-state index in [4.69, 9.17) is 14.3 Å². The highest BCUT2D eigenvalue weighted by Crippen LogP contribution is 2.41. The number of nitrogens with one attached hydrogen (secondary N) is 1. The molecule has 37 heavy (non-hydrogen) atoms. The summed E-state index contributed by atoms with van der Waals surface area (Å²) in [5.41, 5.74) is 6.53. The Morgan fingerprint density at radius 1 is 0.892 bits per heavy atom. The molecule has 0 unspecified atom stereocenters. The molecule has 0 atom stereocenters. The Morgan fingerprint density at radius 2 is 1.65 bits per heavy atom. The van der Waals surface area contributed by atoms with E-state index in [2.05, 4.69) is 11.4 Å². The second-order valence-electron chi connectivity index (χ2n) is 8.70. The first-order valence-corrected chi connectivity index (χ1v) is 11.8. The summed E-state index contributed by atoms with van der Waals surface area (Å²) in [6.07, 6.45) is 1.45. The average molecular weight is 492 g/mol. The van der Waals surface area contributed by atoms with Crippen LogP contribution in [0.5, 0.6) is 5.88 Å². The van der Waals surface area contributed by atoms with Crippen LogP contribution in [-0.4, -0.2) is 21.7 Å². The highest BCUT2D eigenvalue weighted by molar-refractivity contribution is 6.02. The Balaban J connectivity index is 1.65. The monoisotopic (exact) mass is 491 g/mol. The Morgan fingerprint density at radius 3 is 2.30 bits per heavy atom. The van der Waals surface area contributed by atoms with Gasteiger partial charge < -0.3 is 14.5 Å². The number of aromatic nitrogens is 2. The summed E-state index contributed by atoms with van der Waals surface area (Å²) in [4.78, 5) is 24.6. The summed E-state index contributed by atoms with van der Waals surface area (Å²) in [6, 6.07) is 26.3. The fourth-order valence-corrected chi connectivity index (χ4v) is 4.22. The Bertz CT molecular complexity index is 1570. The molecule has 0 aliphatic carbocycles. The third kappa shape index (κ3) is 4.92. The van der Waals surface area contributed by atoms with Gasteiger partial charge in [0, 0.05) is 18.2 Å². The van der Waals surface area contributed by atoms with Crippen molar-refractivity contribution >= 4 is 17.6 Å². The van der Waals surface area contributed by atoms with Crippen LogP contribution in [0.4, 0.5) is 5.69 Å². The van der Waals surface area contributed by atoms with E-state index in [0.29, 0.717) is 22.8 Å². The van der Waals surface area contributed by atoms with Crippen LogP contribution in [0.15, 0.2) is 95.6 Å². The molecule has 2 aromatic heterocycles. The number of hydrogen-bond donors (Lipinski definition) is 1. The van der Waals surface area contributed by atoms with Crippen molar-refractivity contribution in [3.05, 3.63) is 108 Å². The second-order valence-corrected chi connectivity index (χ2v) is 8.70. The van der Waals surface area contributed by atoms with Gasteiger partial charge >= 0.3 is 5.97 Å². The lowest BCUT2D eigenvalue weighted by Gasteiger charge is -2.12. The van der Waals surface area contributed by atoms with Crippen LogP contribution in [0.25, 0.3) is 28.1 Å². The minimum atomic E-state index is -0.450. The molecule has 0 saturated heterocycles. The summed E-state index contributed by atoms with van der Waals surface area (Å²) >= 11 is 0. The molecule has 3 aromatic carbocycles. The Labute approximate surface area is 214 Å². The molecule has 0 aliphatic rings. The minimum Gasteiger partial charge on any atom is -0.459 e. The van der Waals surface area contributed by atoms with E-state index in [1.54, 1.807) is 28.9 Å². The lowest BCUT2D eigenvalue weighted by molar-refractivity contribution is -0.132. The molecule has 1 amide bonds. The summed E-state index contributed by atoms with van der Waals surface area (Å²) in [5.74, 6) is -0.242. The number of benzene rings is 3. The van der Waals surface area contributed by atoms with Crippen LogP contribution in [0.2, 0.25) is 0 Å². The van der Waals surface area contributed by atoms with Crippen molar-refractivity contribution in [2.24, 2.45) is 0 Å². The standard InChI is InChI=1S/C30H25N3O4/c1-19-11-16-25(20(2)18-19)33-30(37-21(3)34)27(28(32-33)23-8-5-4-6-9-23)22-12-14-24(15-13-22)31-29(35)26-10-7-17-36-26/h4-18H,1-3H3,(H,31,35). The van der Waals surface area contributed by atoms with Crippen molar-refractivity contribution in [3.8, 4) is 34.0 Å². The van der Waals surface area contributed by atoms with Crippen molar-refractivity contribution in [1.29, 1.82) is 0 Å². The maximum Gasteiger partial charge on any atom is 0.309 e. The van der Waals surface area contributed by atoms with E-state index in [-0.39, 0.29) is 11.7 Å². The number of amides is 1. The van der Waals surface area contributed by atoms with Gasteiger partial charge in [-0.05, 0) is 55.3 Å². The summed E-state index contributed by atoms with van der Waals surface area (Å²) in [6.45, 7) is 5.40. The van der Waals surface area contributed by atoms with Gasteiger partial charge in [-0.25, -0.2) is 0 Å². The largest absolute Gasteiger partial charge is 0.459 e. The van der Waals surface area contributed by atoms with E-state index in [0.717, 1.165) is 27.9 Å². The first-order valence-electron chi connectivity index (χ1n) is 11.8. The number of carbonyl (C=O) groups excluding carboxylic acids is 2. The molecule has 184 valence electrons. The fraction of sp³-hybridized carbons (Fsp3) is 0.100. The first-order chi connectivity index (χ1) is 17.9. The van der Waals surface area contributed by atoms with Gasteiger partial charge in [0.25, 0.3) is 5.91 Å². The minimum absolute atomic E-state index is 0.224. The van der Waals surface area contributed by atoms with Gasteiger partial charge in [-0.2, -0.15) is 9.78 Å².